The maximum Gasteiger partial charge on any atom is 0.0468 e. The summed E-state index contributed by atoms with van der Waals surface area (Å²) in [6, 6.07) is 73.3. The fourth-order valence-electron chi connectivity index (χ4n) is 9.11. The van der Waals surface area contributed by atoms with Gasteiger partial charge in [0.25, 0.3) is 0 Å². The van der Waals surface area contributed by atoms with E-state index in [9.17, 15) is 0 Å². The van der Waals surface area contributed by atoms with Crippen LogP contribution in [0.25, 0.3) is 55.6 Å². The number of hydrogen-bond acceptors (Lipinski definition) is 1. The lowest BCUT2D eigenvalue weighted by Gasteiger charge is -2.30. The minimum Gasteiger partial charge on any atom is -0.311 e. The van der Waals surface area contributed by atoms with Gasteiger partial charge >= 0.3 is 0 Å². The molecule has 0 amide bonds. The van der Waals surface area contributed by atoms with E-state index < -0.39 is 0 Å². The molecule has 2 aliphatic rings. The highest BCUT2D eigenvalue weighted by Crippen LogP contribution is 2.50. The summed E-state index contributed by atoms with van der Waals surface area (Å²) in [5, 5.41) is 0. The van der Waals surface area contributed by atoms with Crippen LogP contribution in [0.4, 0.5) is 11.4 Å². The predicted molar refractivity (Wildman–Crippen MR) is 245 cm³/mol. The van der Waals surface area contributed by atoms with E-state index in [1.165, 1.54) is 78.0 Å². The van der Waals surface area contributed by atoms with Crippen molar-refractivity contribution in [3.63, 3.8) is 0 Å². The van der Waals surface area contributed by atoms with E-state index in [2.05, 4.69) is 237 Å². The monoisotopic (exact) mass is 743 g/mol. The molecule has 58 heavy (non-hydrogen) atoms. The van der Waals surface area contributed by atoms with Crippen LogP contribution < -0.4 is 4.90 Å². The van der Waals surface area contributed by atoms with E-state index in [1.54, 1.807) is 0 Å². The highest BCUT2D eigenvalue weighted by molar-refractivity contribution is 5.89. The fourth-order valence-corrected chi connectivity index (χ4v) is 9.11. The lowest BCUT2D eigenvalue weighted by molar-refractivity contribution is 0.660. The van der Waals surface area contributed by atoms with Crippen molar-refractivity contribution in [2.24, 2.45) is 0 Å². The predicted octanol–water partition coefficient (Wildman–Crippen LogP) is 15.4. The highest BCUT2D eigenvalue weighted by Gasteiger charge is 2.35. The number of fused-ring (bicyclic) bond motifs is 3. The van der Waals surface area contributed by atoms with Gasteiger partial charge in [-0.25, -0.2) is 0 Å². The summed E-state index contributed by atoms with van der Waals surface area (Å²) in [7, 11) is 0. The zero-order valence-corrected chi connectivity index (χ0v) is 33.0. The van der Waals surface area contributed by atoms with Gasteiger partial charge in [0.15, 0.2) is 0 Å². The van der Waals surface area contributed by atoms with Gasteiger partial charge in [0.1, 0.15) is 0 Å². The first-order valence-electron chi connectivity index (χ1n) is 20.4. The van der Waals surface area contributed by atoms with Crippen molar-refractivity contribution < 1.29 is 0 Å². The van der Waals surface area contributed by atoms with Crippen LogP contribution >= 0.6 is 0 Å². The number of benzene rings is 8. The number of nitrogens with zero attached hydrogens (tertiary/aromatic N) is 1. The molecule has 0 radical (unpaired) electrons. The second-order valence-electron chi connectivity index (χ2n) is 16.1. The summed E-state index contributed by atoms with van der Waals surface area (Å²) in [6.07, 6.45) is 8.01. The molecule has 278 valence electrons. The average molecular weight is 744 g/mol. The van der Waals surface area contributed by atoms with E-state index >= 15 is 0 Å². The molecule has 1 nitrogen and oxygen atoms in total. The smallest absolute Gasteiger partial charge is 0.0468 e. The Kier molecular flexibility index (Phi) is 9.07. The molecule has 1 atom stereocenters. The van der Waals surface area contributed by atoms with Gasteiger partial charge in [0.05, 0.1) is 0 Å². The van der Waals surface area contributed by atoms with Crippen LogP contribution in [0.2, 0.25) is 0 Å². The lowest BCUT2D eigenvalue weighted by Crippen LogP contribution is -2.17. The molecule has 10 rings (SSSR count). The molecule has 0 fully saturated rings. The number of anilines is 2. The van der Waals surface area contributed by atoms with Crippen LogP contribution in [0.5, 0.6) is 0 Å². The van der Waals surface area contributed by atoms with Crippen molar-refractivity contribution in [2.45, 2.75) is 31.6 Å². The Morgan fingerprint density at radius 1 is 0.414 bits per heavy atom. The SMILES string of the molecule is CC1(C)c2ccccc2-c2ccc(-c3ccc(-c4ccc(N(C5=CCC(c6ccccc6)C=C5)c5ccc(-c6ccccc6)cc5)cc4-c4ccccc4)cc3)cc21. The van der Waals surface area contributed by atoms with Crippen LogP contribution in [0.1, 0.15) is 42.9 Å². The van der Waals surface area contributed by atoms with E-state index in [0.29, 0.717) is 5.92 Å². The zero-order chi connectivity index (χ0) is 39.1. The Balaban J connectivity index is 1.03. The van der Waals surface area contributed by atoms with Crippen LogP contribution in [-0.4, -0.2) is 0 Å². The van der Waals surface area contributed by atoms with Crippen molar-refractivity contribution in [3.8, 4) is 55.6 Å². The molecule has 8 aromatic carbocycles. The Hall–Kier alpha value is -6.96. The molecule has 0 N–H and O–H groups in total. The largest absolute Gasteiger partial charge is 0.311 e. The third-order valence-electron chi connectivity index (χ3n) is 12.3. The summed E-state index contributed by atoms with van der Waals surface area (Å²) >= 11 is 0. The summed E-state index contributed by atoms with van der Waals surface area (Å²) in [5.74, 6) is 0.358. The summed E-state index contributed by atoms with van der Waals surface area (Å²) in [6.45, 7) is 4.70. The molecular formula is C57H45N. The Bertz CT molecular complexity index is 2790. The molecule has 1 unspecified atom stereocenters. The maximum atomic E-state index is 2.42. The second kappa shape index (κ2) is 14.8. The molecule has 0 saturated heterocycles. The van der Waals surface area contributed by atoms with Crippen LogP contribution in [0.3, 0.4) is 0 Å². The normalized spacial score (nSPS) is 15.0. The Labute approximate surface area is 342 Å². The van der Waals surface area contributed by atoms with Crippen molar-refractivity contribution in [3.05, 3.63) is 241 Å². The van der Waals surface area contributed by atoms with Crippen molar-refractivity contribution in [2.75, 3.05) is 4.90 Å². The van der Waals surface area contributed by atoms with E-state index in [-0.39, 0.29) is 5.41 Å². The second-order valence-corrected chi connectivity index (χ2v) is 16.1. The van der Waals surface area contributed by atoms with Gasteiger partial charge < -0.3 is 4.90 Å². The van der Waals surface area contributed by atoms with E-state index in [4.69, 9.17) is 0 Å². The first-order chi connectivity index (χ1) is 28.5. The molecular weight excluding hydrogens is 699 g/mol. The highest BCUT2D eigenvalue weighted by atomic mass is 15.1. The first kappa shape index (κ1) is 35.5. The number of rotatable bonds is 8. The fraction of sp³-hybridized carbons (Fsp3) is 0.0877. The zero-order valence-electron chi connectivity index (χ0n) is 33.0. The molecule has 0 saturated carbocycles. The molecule has 0 aromatic heterocycles. The third-order valence-corrected chi connectivity index (χ3v) is 12.3. The molecule has 0 heterocycles. The lowest BCUT2D eigenvalue weighted by atomic mass is 9.81. The molecule has 1 heteroatoms. The van der Waals surface area contributed by atoms with Crippen molar-refractivity contribution in [1.82, 2.24) is 0 Å². The third kappa shape index (κ3) is 6.49. The van der Waals surface area contributed by atoms with Gasteiger partial charge in [-0.05, 0) is 115 Å². The minimum absolute atomic E-state index is 0.0287. The standard InChI is InChI=1S/C57H45N/c1-57(2)55-21-13-12-20-52(55)53-36-30-47(38-56(53)57)44-22-24-46(25-23-44)51-37-35-50(39-54(51)45-18-10-5-11-19-45)58(48-31-26-42(27-32-48)40-14-6-3-7-15-40)49-33-28-43(29-34-49)41-16-8-4-9-17-41/h3-28,30-39,43H,29H2,1-2H3. The van der Waals surface area contributed by atoms with Gasteiger partial charge in [-0.15, -0.1) is 0 Å². The van der Waals surface area contributed by atoms with Gasteiger partial charge in [0.2, 0.25) is 0 Å². The Morgan fingerprint density at radius 2 is 0.931 bits per heavy atom. The number of hydrogen-bond donors (Lipinski definition) is 0. The topological polar surface area (TPSA) is 3.24 Å². The van der Waals surface area contributed by atoms with Crippen LogP contribution in [0.15, 0.2) is 224 Å². The van der Waals surface area contributed by atoms with Gasteiger partial charge in [-0.2, -0.15) is 0 Å². The summed E-state index contributed by atoms with van der Waals surface area (Å²) in [5.41, 5.74) is 20.0. The van der Waals surface area contributed by atoms with Gasteiger partial charge in [-0.1, -0.05) is 196 Å². The number of allylic oxidation sites excluding steroid dienone is 3. The molecule has 0 spiro atoms. The maximum absolute atomic E-state index is 2.42. The van der Waals surface area contributed by atoms with Crippen molar-refractivity contribution in [1.29, 1.82) is 0 Å². The Morgan fingerprint density at radius 3 is 1.64 bits per heavy atom. The van der Waals surface area contributed by atoms with Crippen LogP contribution in [-0.2, 0) is 5.41 Å². The van der Waals surface area contributed by atoms with Gasteiger partial charge in [-0.3, -0.25) is 0 Å². The molecule has 0 bridgehead atoms. The summed E-state index contributed by atoms with van der Waals surface area (Å²) in [4.78, 5) is 2.42. The minimum atomic E-state index is -0.0287. The van der Waals surface area contributed by atoms with E-state index in [1.807, 2.05) is 0 Å². The first-order valence-corrected chi connectivity index (χ1v) is 20.4. The van der Waals surface area contributed by atoms with Crippen LogP contribution in [0, 0.1) is 0 Å². The summed E-state index contributed by atoms with van der Waals surface area (Å²) < 4.78 is 0. The van der Waals surface area contributed by atoms with Crippen molar-refractivity contribution >= 4 is 11.4 Å². The molecule has 0 aliphatic heterocycles. The van der Waals surface area contributed by atoms with E-state index in [0.717, 1.165) is 17.8 Å². The quantitative estimate of drug-likeness (QED) is 0.150. The molecule has 2 aliphatic carbocycles. The molecule has 8 aromatic rings. The average Bonchev–Trinajstić information content (AvgIpc) is 3.53. The van der Waals surface area contributed by atoms with Gasteiger partial charge in [0, 0.05) is 28.4 Å².